The molecule has 0 saturated carbocycles. The Kier molecular flexibility index (Phi) is 2.88. The summed E-state index contributed by atoms with van der Waals surface area (Å²) in [7, 11) is 0. The summed E-state index contributed by atoms with van der Waals surface area (Å²) in [5.74, 6) is 2.01. The molecule has 0 amide bonds. The van der Waals surface area contributed by atoms with E-state index in [1.54, 1.807) is 12.4 Å². The summed E-state index contributed by atoms with van der Waals surface area (Å²) >= 11 is 0. The van der Waals surface area contributed by atoms with E-state index in [1.807, 2.05) is 22.9 Å². The molecule has 3 aromatic rings. The molecule has 1 atom stereocenters. The maximum Gasteiger partial charge on any atom is 0.221 e. The normalized spacial score (nSPS) is 17.0. The molecule has 0 spiro atoms. The van der Waals surface area contributed by atoms with Crippen LogP contribution in [-0.2, 0) is 6.54 Å². The van der Waals surface area contributed by atoms with E-state index in [0.717, 1.165) is 30.4 Å². The number of rotatable bonds is 2. The van der Waals surface area contributed by atoms with Gasteiger partial charge in [0.25, 0.3) is 0 Å². The van der Waals surface area contributed by atoms with Gasteiger partial charge < -0.3 is 5.32 Å². The lowest BCUT2D eigenvalue weighted by atomic mass is 9.98. The summed E-state index contributed by atoms with van der Waals surface area (Å²) in [6, 6.07) is 14.4. The molecule has 4 rings (SSSR count). The van der Waals surface area contributed by atoms with Gasteiger partial charge in [-0.3, -0.25) is 4.98 Å². The molecule has 21 heavy (non-hydrogen) atoms. The van der Waals surface area contributed by atoms with Gasteiger partial charge in [-0.2, -0.15) is 4.98 Å². The van der Waals surface area contributed by atoms with E-state index >= 15 is 0 Å². The first-order valence-corrected chi connectivity index (χ1v) is 7.04. The second-order valence-corrected chi connectivity index (χ2v) is 5.17. The van der Waals surface area contributed by atoms with Crippen LogP contribution in [0.1, 0.15) is 11.5 Å². The second-order valence-electron chi connectivity index (χ2n) is 5.17. The van der Waals surface area contributed by atoms with Crippen LogP contribution in [-0.4, -0.2) is 26.3 Å². The molecule has 0 saturated heterocycles. The predicted molar refractivity (Wildman–Crippen MR) is 80.9 cm³/mol. The van der Waals surface area contributed by atoms with E-state index in [2.05, 4.69) is 44.6 Å². The quantitative estimate of drug-likeness (QED) is 0.782. The third-order valence-electron chi connectivity index (χ3n) is 3.78. The molecule has 0 bridgehead atoms. The molecule has 1 N–H and O–H groups in total. The highest BCUT2D eigenvalue weighted by molar-refractivity contribution is 5.55. The van der Waals surface area contributed by atoms with E-state index in [1.165, 1.54) is 5.56 Å². The maximum atomic E-state index is 4.61. The van der Waals surface area contributed by atoms with Gasteiger partial charge in [0.2, 0.25) is 5.95 Å². The topological polar surface area (TPSA) is 55.6 Å². The first kappa shape index (κ1) is 12.1. The van der Waals surface area contributed by atoms with Crippen LogP contribution >= 0.6 is 0 Å². The summed E-state index contributed by atoms with van der Waals surface area (Å²) in [6.07, 6.45) is 3.52. The number of pyridine rings is 1. The van der Waals surface area contributed by atoms with E-state index in [4.69, 9.17) is 0 Å². The average Bonchev–Trinajstić information content (AvgIpc) is 2.99. The number of hydrogen-bond donors (Lipinski definition) is 1. The fraction of sp³-hybridized carbons (Fsp3) is 0.188. The number of hydrogen-bond acceptors (Lipinski definition) is 4. The van der Waals surface area contributed by atoms with Gasteiger partial charge in [0, 0.05) is 30.4 Å². The summed E-state index contributed by atoms with van der Waals surface area (Å²) in [6.45, 7) is 1.74. The zero-order valence-electron chi connectivity index (χ0n) is 11.5. The maximum absolute atomic E-state index is 4.61. The van der Waals surface area contributed by atoms with E-state index in [-0.39, 0.29) is 0 Å². The molecule has 2 aromatic heterocycles. The summed E-state index contributed by atoms with van der Waals surface area (Å²) in [5.41, 5.74) is 2.32. The summed E-state index contributed by atoms with van der Waals surface area (Å²) in [4.78, 5) is 8.59. The Labute approximate surface area is 122 Å². The molecular weight excluding hydrogens is 262 g/mol. The molecule has 0 radical (unpaired) electrons. The summed E-state index contributed by atoms with van der Waals surface area (Å²) < 4.78 is 1.96. The van der Waals surface area contributed by atoms with Crippen LogP contribution in [0.5, 0.6) is 0 Å². The van der Waals surface area contributed by atoms with Crippen molar-refractivity contribution in [3.63, 3.8) is 0 Å². The Hall–Kier alpha value is -2.69. The first-order valence-electron chi connectivity index (χ1n) is 7.04. The van der Waals surface area contributed by atoms with Gasteiger partial charge in [-0.1, -0.05) is 30.3 Å². The van der Waals surface area contributed by atoms with Crippen molar-refractivity contribution in [2.45, 2.75) is 12.5 Å². The minimum atomic E-state index is 0.422. The van der Waals surface area contributed by atoms with Gasteiger partial charge in [0.1, 0.15) is 0 Å². The molecule has 0 aliphatic carbocycles. The Morgan fingerprint density at radius 3 is 2.67 bits per heavy atom. The molecule has 0 fully saturated rings. The van der Waals surface area contributed by atoms with Gasteiger partial charge in [0.05, 0.1) is 6.54 Å². The molecule has 1 aliphatic rings. The molecule has 104 valence electrons. The third kappa shape index (κ3) is 2.27. The Morgan fingerprint density at radius 1 is 1.05 bits per heavy atom. The molecule has 1 aromatic carbocycles. The fourth-order valence-corrected chi connectivity index (χ4v) is 2.66. The van der Waals surface area contributed by atoms with Crippen LogP contribution in [0.3, 0.4) is 0 Å². The fourth-order valence-electron chi connectivity index (χ4n) is 2.66. The number of benzene rings is 1. The highest BCUT2D eigenvalue weighted by Gasteiger charge is 2.22. The monoisotopic (exact) mass is 277 g/mol. The Balaban J connectivity index is 1.63. The number of aromatic nitrogens is 4. The van der Waals surface area contributed by atoms with Crippen molar-refractivity contribution < 1.29 is 0 Å². The standard InChI is InChI=1S/C16H15N5/c1-2-4-12(5-3-1)14-10-18-16-19-15(20-21(16)11-14)13-6-8-17-9-7-13/h1-9,14H,10-11H2,(H,18,19,20). The van der Waals surface area contributed by atoms with Crippen molar-refractivity contribution in [2.24, 2.45) is 0 Å². The van der Waals surface area contributed by atoms with E-state index in [0.29, 0.717) is 5.92 Å². The van der Waals surface area contributed by atoms with Crippen LogP contribution in [0.4, 0.5) is 5.95 Å². The zero-order chi connectivity index (χ0) is 14.1. The number of nitrogens with zero attached hydrogens (tertiary/aromatic N) is 4. The highest BCUT2D eigenvalue weighted by atomic mass is 15.4. The highest BCUT2D eigenvalue weighted by Crippen LogP contribution is 2.26. The smallest absolute Gasteiger partial charge is 0.221 e. The van der Waals surface area contributed by atoms with Crippen molar-refractivity contribution >= 4 is 5.95 Å². The van der Waals surface area contributed by atoms with Gasteiger partial charge in [0.15, 0.2) is 5.82 Å². The van der Waals surface area contributed by atoms with Crippen LogP contribution < -0.4 is 5.32 Å². The minimum Gasteiger partial charge on any atom is -0.354 e. The van der Waals surface area contributed by atoms with Crippen molar-refractivity contribution in [2.75, 3.05) is 11.9 Å². The van der Waals surface area contributed by atoms with Crippen molar-refractivity contribution in [3.05, 3.63) is 60.4 Å². The predicted octanol–water partition coefficient (Wildman–Crippen LogP) is 2.55. The molecule has 5 nitrogen and oxygen atoms in total. The van der Waals surface area contributed by atoms with Crippen molar-refractivity contribution in [1.29, 1.82) is 0 Å². The Bertz CT molecular complexity index is 736. The Morgan fingerprint density at radius 2 is 1.86 bits per heavy atom. The number of fused-ring (bicyclic) bond motifs is 1. The first-order chi connectivity index (χ1) is 10.4. The van der Waals surface area contributed by atoms with Gasteiger partial charge >= 0.3 is 0 Å². The van der Waals surface area contributed by atoms with Gasteiger partial charge in [-0.25, -0.2) is 4.68 Å². The molecule has 3 heterocycles. The molecule has 1 unspecified atom stereocenters. The van der Waals surface area contributed by atoms with Gasteiger partial charge in [-0.15, -0.1) is 5.10 Å². The lowest BCUT2D eigenvalue weighted by Crippen LogP contribution is -2.26. The zero-order valence-corrected chi connectivity index (χ0v) is 11.5. The second kappa shape index (κ2) is 5.01. The van der Waals surface area contributed by atoms with Crippen LogP contribution in [0, 0.1) is 0 Å². The number of anilines is 1. The number of nitrogens with one attached hydrogen (secondary N) is 1. The largest absolute Gasteiger partial charge is 0.354 e. The van der Waals surface area contributed by atoms with E-state index < -0.39 is 0 Å². The minimum absolute atomic E-state index is 0.422. The third-order valence-corrected chi connectivity index (χ3v) is 3.78. The SMILES string of the molecule is c1ccc(C2CNc3nc(-c4ccncc4)nn3C2)cc1. The lowest BCUT2D eigenvalue weighted by molar-refractivity contribution is 0.504. The molecular formula is C16H15N5. The average molecular weight is 277 g/mol. The molecule has 5 heteroatoms. The van der Waals surface area contributed by atoms with E-state index in [9.17, 15) is 0 Å². The molecule has 1 aliphatic heterocycles. The van der Waals surface area contributed by atoms with Crippen molar-refractivity contribution in [1.82, 2.24) is 19.7 Å². The summed E-state index contributed by atoms with van der Waals surface area (Å²) in [5, 5.41) is 7.99. The van der Waals surface area contributed by atoms with Crippen molar-refractivity contribution in [3.8, 4) is 11.4 Å². The van der Waals surface area contributed by atoms with Crippen LogP contribution in [0.25, 0.3) is 11.4 Å². The lowest BCUT2D eigenvalue weighted by Gasteiger charge is -2.23. The van der Waals surface area contributed by atoms with Crippen LogP contribution in [0.15, 0.2) is 54.9 Å². The van der Waals surface area contributed by atoms with Crippen LogP contribution in [0.2, 0.25) is 0 Å². The van der Waals surface area contributed by atoms with Gasteiger partial charge in [-0.05, 0) is 17.7 Å².